The molecule has 9 heteroatoms. The van der Waals surface area contributed by atoms with E-state index in [4.69, 9.17) is 16.3 Å². The maximum absolute atomic E-state index is 12.4. The van der Waals surface area contributed by atoms with Crippen LogP contribution in [0.25, 0.3) is 0 Å². The molecule has 1 aliphatic rings. The van der Waals surface area contributed by atoms with Gasteiger partial charge in [-0.05, 0) is 30.3 Å². The van der Waals surface area contributed by atoms with Gasteiger partial charge >= 0.3 is 0 Å². The summed E-state index contributed by atoms with van der Waals surface area (Å²) in [5.41, 5.74) is 0.787. The van der Waals surface area contributed by atoms with Crippen LogP contribution in [0.2, 0.25) is 5.02 Å². The van der Waals surface area contributed by atoms with Crippen LogP contribution in [0.1, 0.15) is 0 Å². The van der Waals surface area contributed by atoms with Crippen LogP contribution in [-0.4, -0.2) is 27.6 Å². The highest BCUT2D eigenvalue weighted by Crippen LogP contribution is 2.28. The maximum atomic E-state index is 12.4. The lowest BCUT2D eigenvalue weighted by Crippen LogP contribution is -2.51. The number of methoxy groups -OCH3 is 1. The fourth-order valence-corrected chi connectivity index (χ4v) is 3.84. The van der Waals surface area contributed by atoms with E-state index in [1.807, 2.05) is 0 Å². The third-order valence-electron chi connectivity index (χ3n) is 3.43. The number of amides is 1. The number of nitrogens with one attached hydrogen (secondary N) is 3. The lowest BCUT2D eigenvalue weighted by atomic mass is 10.2. The summed E-state index contributed by atoms with van der Waals surface area (Å²) in [4.78, 5) is 12.5. The summed E-state index contributed by atoms with van der Waals surface area (Å²) in [5, 5.41) is 5.79. The van der Waals surface area contributed by atoms with Crippen LogP contribution in [-0.2, 0) is 14.8 Å². The van der Waals surface area contributed by atoms with Gasteiger partial charge in [0.05, 0.1) is 17.8 Å². The molecule has 0 unspecified atom stereocenters. The Morgan fingerprint density at radius 2 is 2.00 bits per heavy atom. The Hall–Kier alpha value is -2.29. The third kappa shape index (κ3) is 3.16. The molecule has 126 valence electrons. The largest absolute Gasteiger partial charge is 0.495 e. The standard InChI is InChI=1S/C15H14ClN3O4S/c1-23-12-7-6-9(8-10(12)16)17-15(20)14-18-11-4-2-3-5-13(11)24(21,22)19-14/h2-8,14,18-19H,1H3,(H,17,20)/t14-/m0/s1. The lowest BCUT2D eigenvalue weighted by molar-refractivity contribution is -0.117. The van der Waals surface area contributed by atoms with Crippen LogP contribution in [0.4, 0.5) is 11.4 Å². The molecule has 0 fully saturated rings. The molecule has 7 nitrogen and oxygen atoms in total. The number of rotatable bonds is 3. The number of halogens is 1. The number of para-hydroxylation sites is 1. The molecule has 0 spiro atoms. The summed E-state index contributed by atoms with van der Waals surface area (Å²) in [6.45, 7) is 0. The van der Waals surface area contributed by atoms with Gasteiger partial charge in [-0.15, -0.1) is 0 Å². The third-order valence-corrected chi connectivity index (χ3v) is 5.21. The van der Waals surface area contributed by atoms with Crippen LogP contribution >= 0.6 is 11.6 Å². The second kappa shape index (κ2) is 6.31. The van der Waals surface area contributed by atoms with E-state index >= 15 is 0 Å². The molecule has 0 aliphatic carbocycles. The van der Waals surface area contributed by atoms with E-state index in [-0.39, 0.29) is 4.90 Å². The zero-order valence-electron chi connectivity index (χ0n) is 12.5. The molecular weight excluding hydrogens is 354 g/mol. The minimum absolute atomic E-state index is 0.0986. The monoisotopic (exact) mass is 367 g/mol. The molecule has 0 aromatic heterocycles. The van der Waals surface area contributed by atoms with E-state index in [0.29, 0.717) is 22.1 Å². The molecule has 3 rings (SSSR count). The molecule has 1 amide bonds. The topological polar surface area (TPSA) is 96.5 Å². The zero-order chi connectivity index (χ0) is 17.3. The number of hydrogen-bond donors (Lipinski definition) is 3. The van der Waals surface area contributed by atoms with Gasteiger partial charge in [0.15, 0.2) is 6.17 Å². The molecule has 24 heavy (non-hydrogen) atoms. The smallest absolute Gasteiger partial charge is 0.262 e. The molecule has 1 heterocycles. The Labute approximate surface area is 144 Å². The molecule has 2 aromatic rings. The number of fused-ring (bicyclic) bond motifs is 1. The number of carbonyl (C=O) groups is 1. The minimum Gasteiger partial charge on any atom is -0.495 e. The summed E-state index contributed by atoms with van der Waals surface area (Å²) < 4.78 is 31.8. The molecule has 0 saturated heterocycles. The van der Waals surface area contributed by atoms with Gasteiger partial charge in [0.25, 0.3) is 5.91 Å². The van der Waals surface area contributed by atoms with Crippen LogP contribution < -0.4 is 20.1 Å². The highest BCUT2D eigenvalue weighted by atomic mass is 35.5. The van der Waals surface area contributed by atoms with Gasteiger partial charge in [-0.3, -0.25) is 4.79 Å². The maximum Gasteiger partial charge on any atom is 0.262 e. The first-order chi connectivity index (χ1) is 11.4. The van der Waals surface area contributed by atoms with E-state index in [2.05, 4.69) is 15.4 Å². The Kier molecular flexibility index (Phi) is 4.35. The number of benzene rings is 2. The number of ether oxygens (including phenoxy) is 1. The fraction of sp³-hybridized carbons (Fsp3) is 0.133. The van der Waals surface area contributed by atoms with Crippen LogP contribution in [0.15, 0.2) is 47.4 Å². The summed E-state index contributed by atoms with van der Waals surface area (Å²) in [7, 11) is -2.28. The van der Waals surface area contributed by atoms with Crippen molar-refractivity contribution in [1.29, 1.82) is 0 Å². The van der Waals surface area contributed by atoms with Gasteiger partial charge in [0, 0.05) is 5.69 Å². The Morgan fingerprint density at radius 3 is 2.71 bits per heavy atom. The number of anilines is 2. The molecular formula is C15H14ClN3O4S. The predicted octanol–water partition coefficient (Wildman–Crippen LogP) is 2.02. The Balaban J connectivity index is 1.81. The summed E-state index contributed by atoms with van der Waals surface area (Å²) >= 11 is 6.01. The van der Waals surface area contributed by atoms with Crippen molar-refractivity contribution in [1.82, 2.24) is 4.72 Å². The summed E-state index contributed by atoms with van der Waals surface area (Å²) in [5.74, 6) is -0.0885. The van der Waals surface area contributed by atoms with E-state index in [1.54, 1.807) is 30.3 Å². The van der Waals surface area contributed by atoms with Crippen molar-refractivity contribution < 1.29 is 17.9 Å². The SMILES string of the molecule is COc1ccc(NC(=O)[C@H]2Nc3ccccc3S(=O)(=O)N2)cc1Cl. The second-order valence-corrected chi connectivity index (χ2v) is 7.12. The molecule has 0 radical (unpaired) electrons. The highest BCUT2D eigenvalue weighted by molar-refractivity contribution is 7.89. The molecule has 1 atom stereocenters. The zero-order valence-corrected chi connectivity index (χ0v) is 14.1. The van der Waals surface area contributed by atoms with Gasteiger partial charge in [-0.2, -0.15) is 4.72 Å². The normalized spacial score (nSPS) is 18.2. The average molecular weight is 368 g/mol. The Bertz CT molecular complexity index is 901. The fourth-order valence-electron chi connectivity index (χ4n) is 2.30. The summed E-state index contributed by atoms with van der Waals surface area (Å²) in [6, 6.07) is 11.1. The minimum atomic E-state index is -3.77. The number of hydrogen-bond acceptors (Lipinski definition) is 5. The average Bonchev–Trinajstić information content (AvgIpc) is 2.54. The van der Waals surface area contributed by atoms with Crippen molar-refractivity contribution in [3.63, 3.8) is 0 Å². The van der Waals surface area contributed by atoms with E-state index in [9.17, 15) is 13.2 Å². The number of carbonyl (C=O) groups excluding carboxylic acids is 1. The highest BCUT2D eigenvalue weighted by Gasteiger charge is 2.32. The second-order valence-electron chi connectivity index (χ2n) is 5.03. The first kappa shape index (κ1) is 16.6. The van der Waals surface area contributed by atoms with Crippen LogP contribution in [0.5, 0.6) is 5.75 Å². The van der Waals surface area contributed by atoms with E-state index in [1.165, 1.54) is 19.2 Å². The predicted molar refractivity (Wildman–Crippen MR) is 90.8 cm³/mol. The van der Waals surface area contributed by atoms with Crippen molar-refractivity contribution in [3.8, 4) is 5.75 Å². The van der Waals surface area contributed by atoms with Crippen molar-refractivity contribution in [2.45, 2.75) is 11.1 Å². The Morgan fingerprint density at radius 1 is 1.25 bits per heavy atom. The van der Waals surface area contributed by atoms with Crippen LogP contribution in [0, 0.1) is 0 Å². The van der Waals surface area contributed by atoms with Gasteiger partial charge in [-0.25, -0.2) is 8.42 Å². The van der Waals surface area contributed by atoms with E-state index < -0.39 is 22.1 Å². The first-order valence-electron chi connectivity index (χ1n) is 6.93. The molecule has 3 N–H and O–H groups in total. The van der Waals surface area contributed by atoms with Crippen molar-refractivity contribution in [3.05, 3.63) is 47.5 Å². The number of sulfonamides is 1. The molecule has 1 aliphatic heterocycles. The van der Waals surface area contributed by atoms with Gasteiger partial charge < -0.3 is 15.4 Å². The van der Waals surface area contributed by atoms with Gasteiger partial charge in [0.1, 0.15) is 10.6 Å². The van der Waals surface area contributed by atoms with Gasteiger partial charge in [-0.1, -0.05) is 23.7 Å². The first-order valence-corrected chi connectivity index (χ1v) is 8.79. The van der Waals surface area contributed by atoms with Crippen molar-refractivity contribution in [2.24, 2.45) is 0 Å². The summed E-state index contributed by atoms with van der Waals surface area (Å²) in [6.07, 6.45) is -1.13. The molecule has 0 bridgehead atoms. The van der Waals surface area contributed by atoms with Crippen molar-refractivity contribution >= 4 is 38.9 Å². The molecule has 0 saturated carbocycles. The molecule has 2 aromatic carbocycles. The van der Waals surface area contributed by atoms with E-state index in [0.717, 1.165) is 0 Å². The quantitative estimate of drug-likeness (QED) is 0.771. The van der Waals surface area contributed by atoms with Crippen LogP contribution in [0.3, 0.4) is 0 Å². The van der Waals surface area contributed by atoms with Crippen molar-refractivity contribution in [2.75, 3.05) is 17.7 Å². The lowest BCUT2D eigenvalue weighted by Gasteiger charge is -2.27. The van der Waals surface area contributed by atoms with Gasteiger partial charge in [0.2, 0.25) is 10.0 Å².